The van der Waals surface area contributed by atoms with E-state index in [1.54, 1.807) is 11.3 Å². The molecule has 1 aromatic heterocycles. The van der Waals surface area contributed by atoms with E-state index in [9.17, 15) is 0 Å². The number of benzene rings is 1. The number of nitrogens with zero attached hydrogens (tertiary/aromatic N) is 1. The van der Waals surface area contributed by atoms with Gasteiger partial charge in [-0.05, 0) is 18.6 Å². The van der Waals surface area contributed by atoms with Gasteiger partial charge >= 0.3 is 0 Å². The van der Waals surface area contributed by atoms with Crippen molar-refractivity contribution in [1.29, 1.82) is 0 Å². The molecule has 0 aliphatic rings. The highest BCUT2D eigenvalue weighted by atomic mass is 79.9. The highest BCUT2D eigenvalue weighted by molar-refractivity contribution is 9.09. The smallest absolute Gasteiger partial charge is 0.0934 e. The number of aryl methyl sites for hydroxylation is 1. The van der Waals surface area contributed by atoms with Crippen molar-refractivity contribution in [3.05, 3.63) is 50.9 Å². The summed E-state index contributed by atoms with van der Waals surface area (Å²) in [6.45, 7) is 2.03. The summed E-state index contributed by atoms with van der Waals surface area (Å²) in [7, 11) is 0. The highest BCUT2D eigenvalue weighted by Crippen LogP contribution is 2.29. The van der Waals surface area contributed by atoms with Crippen LogP contribution in [0.25, 0.3) is 0 Å². The zero-order valence-corrected chi connectivity index (χ0v) is 12.6. The molecular formula is C13H13BrClNS. The van der Waals surface area contributed by atoms with Gasteiger partial charge in [-0.25, -0.2) is 4.98 Å². The van der Waals surface area contributed by atoms with Gasteiger partial charge in [-0.2, -0.15) is 0 Å². The van der Waals surface area contributed by atoms with Crippen LogP contribution in [0.1, 0.15) is 22.2 Å². The monoisotopic (exact) mass is 329 g/mol. The molecule has 0 saturated heterocycles. The molecule has 0 fully saturated rings. The summed E-state index contributed by atoms with van der Waals surface area (Å²) in [4.78, 5) is 4.51. The third-order valence-electron chi connectivity index (χ3n) is 2.62. The number of hydrogen-bond acceptors (Lipinski definition) is 2. The molecule has 1 aromatic carbocycles. The van der Waals surface area contributed by atoms with E-state index < -0.39 is 0 Å². The van der Waals surface area contributed by atoms with Gasteiger partial charge in [0.05, 0.1) is 5.01 Å². The average Bonchev–Trinajstić information content (AvgIpc) is 2.73. The topological polar surface area (TPSA) is 12.9 Å². The molecule has 2 aromatic rings. The number of alkyl halides is 1. The van der Waals surface area contributed by atoms with E-state index in [1.807, 2.05) is 25.1 Å². The fraction of sp³-hybridized carbons (Fsp3) is 0.308. The molecule has 0 aliphatic heterocycles. The van der Waals surface area contributed by atoms with Crippen LogP contribution in [-0.2, 0) is 6.42 Å². The highest BCUT2D eigenvalue weighted by Gasteiger charge is 2.15. The maximum Gasteiger partial charge on any atom is 0.0934 e. The van der Waals surface area contributed by atoms with Crippen molar-refractivity contribution in [3.63, 3.8) is 0 Å². The summed E-state index contributed by atoms with van der Waals surface area (Å²) in [6.07, 6.45) is 0.938. The van der Waals surface area contributed by atoms with E-state index in [0.29, 0.717) is 5.92 Å². The number of hydrogen-bond donors (Lipinski definition) is 0. The maximum absolute atomic E-state index is 6.23. The Kier molecular flexibility index (Phi) is 4.60. The Balaban J connectivity index is 2.20. The molecule has 0 spiro atoms. The third-order valence-corrected chi connectivity index (χ3v) is 4.73. The summed E-state index contributed by atoms with van der Waals surface area (Å²) in [5.74, 6) is 0.384. The van der Waals surface area contributed by atoms with Crippen molar-refractivity contribution in [2.24, 2.45) is 0 Å². The Hall–Kier alpha value is -0.380. The Morgan fingerprint density at radius 2 is 2.18 bits per heavy atom. The predicted octanol–water partition coefficient (Wildman–Crippen LogP) is 4.83. The lowest BCUT2D eigenvalue weighted by Gasteiger charge is -2.14. The molecule has 1 heterocycles. The normalized spacial score (nSPS) is 12.6. The van der Waals surface area contributed by atoms with Gasteiger partial charge < -0.3 is 0 Å². The van der Waals surface area contributed by atoms with E-state index in [4.69, 9.17) is 11.6 Å². The van der Waals surface area contributed by atoms with Gasteiger partial charge in [-0.15, -0.1) is 11.3 Å². The summed E-state index contributed by atoms with van der Waals surface area (Å²) in [6, 6.07) is 8.03. The molecule has 2 rings (SSSR count). The number of aromatic nitrogens is 1. The van der Waals surface area contributed by atoms with Crippen molar-refractivity contribution < 1.29 is 0 Å². The number of thiazole rings is 1. The lowest BCUT2D eigenvalue weighted by atomic mass is 9.98. The van der Waals surface area contributed by atoms with Crippen LogP contribution in [0.15, 0.2) is 29.6 Å². The van der Waals surface area contributed by atoms with Crippen LogP contribution in [-0.4, -0.2) is 10.3 Å². The quantitative estimate of drug-likeness (QED) is 0.732. The fourth-order valence-electron chi connectivity index (χ4n) is 1.76. The Morgan fingerprint density at radius 1 is 1.41 bits per heavy atom. The second-order valence-corrected chi connectivity index (χ2v) is 5.96. The van der Waals surface area contributed by atoms with E-state index in [-0.39, 0.29) is 0 Å². The summed E-state index contributed by atoms with van der Waals surface area (Å²) >= 11 is 11.5. The first-order chi connectivity index (χ1) is 8.20. The maximum atomic E-state index is 6.23. The molecule has 0 aliphatic carbocycles. The second kappa shape index (κ2) is 5.98. The van der Waals surface area contributed by atoms with Gasteiger partial charge in [-0.3, -0.25) is 0 Å². The zero-order valence-electron chi connectivity index (χ0n) is 9.49. The fourth-order valence-corrected chi connectivity index (χ4v) is 3.48. The first-order valence-electron chi connectivity index (χ1n) is 5.42. The molecule has 17 heavy (non-hydrogen) atoms. The average molecular weight is 331 g/mol. The Labute approximate surface area is 119 Å². The predicted molar refractivity (Wildman–Crippen MR) is 78.5 cm³/mol. The van der Waals surface area contributed by atoms with Gasteiger partial charge in [0.2, 0.25) is 0 Å². The molecule has 4 heteroatoms. The lowest BCUT2D eigenvalue weighted by molar-refractivity contribution is 0.768. The van der Waals surface area contributed by atoms with Gasteiger partial charge in [0.15, 0.2) is 0 Å². The molecule has 1 nitrogen and oxygen atoms in total. The lowest BCUT2D eigenvalue weighted by Crippen LogP contribution is -2.05. The van der Waals surface area contributed by atoms with Crippen LogP contribution in [0.3, 0.4) is 0 Å². The molecule has 0 radical (unpaired) electrons. The van der Waals surface area contributed by atoms with Crippen LogP contribution < -0.4 is 0 Å². The van der Waals surface area contributed by atoms with Gasteiger partial charge in [0.25, 0.3) is 0 Å². The Bertz CT molecular complexity index is 498. The molecule has 0 N–H and O–H groups in total. The van der Waals surface area contributed by atoms with Crippen molar-refractivity contribution in [2.75, 3.05) is 5.33 Å². The SMILES string of the molecule is Cc1csc(CC(CBr)c2ccccc2Cl)n1. The van der Waals surface area contributed by atoms with E-state index in [1.165, 1.54) is 10.6 Å². The van der Waals surface area contributed by atoms with Gasteiger partial charge in [0.1, 0.15) is 0 Å². The Morgan fingerprint density at radius 3 is 2.76 bits per heavy atom. The van der Waals surface area contributed by atoms with Crippen LogP contribution in [0.4, 0.5) is 0 Å². The van der Waals surface area contributed by atoms with Crippen LogP contribution in [0, 0.1) is 6.92 Å². The minimum Gasteiger partial charge on any atom is -0.247 e. The summed E-state index contributed by atoms with van der Waals surface area (Å²) in [5, 5.41) is 5.00. The standard InChI is InChI=1S/C13H13BrClNS/c1-9-8-17-13(16-9)6-10(7-14)11-4-2-3-5-12(11)15/h2-5,8,10H,6-7H2,1H3. The largest absolute Gasteiger partial charge is 0.247 e. The molecule has 1 unspecified atom stereocenters. The number of rotatable bonds is 4. The second-order valence-electron chi connectivity index (χ2n) is 3.96. The van der Waals surface area contributed by atoms with Crippen LogP contribution in [0.2, 0.25) is 5.02 Å². The minimum absolute atomic E-state index is 0.384. The molecule has 1 atom stereocenters. The van der Waals surface area contributed by atoms with E-state index in [2.05, 4.69) is 32.4 Å². The van der Waals surface area contributed by atoms with Crippen molar-refractivity contribution in [2.45, 2.75) is 19.3 Å². The van der Waals surface area contributed by atoms with E-state index >= 15 is 0 Å². The van der Waals surface area contributed by atoms with Crippen molar-refractivity contribution in [3.8, 4) is 0 Å². The van der Waals surface area contributed by atoms with Crippen molar-refractivity contribution >= 4 is 38.9 Å². The molecular weight excluding hydrogens is 318 g/mol. The first-order valence-corrected chi connectivity index (χ1v) is 7.80. The van der Waals surface area contributed by atoms with Gasteiger partial charge in [0, 0.05) is 33.8 Å². The van der Waals surface area contributed by atoms with E-state index in [0.717, 1.165) is 22.5 Å². The molecule has 0 amide bonds. The number of halogens is 2. The summed E-state index contributed by atoms with van der Waals surface area (Å²) in [5.41, 5.74) is 2.29. The summed E-state index contributed by atoms with van der Waals surface area (Å²) < 4.78 is 0. The molecule has 0 saturated carbocycles. The van der Waals surface area contributed by atoms with Gasteiger partial charge in [-0.1, -0.05) is 45.7 Å². The van der Waals surface area contributed by atoms with Crippen LogP contribution in [0.5, 0.6) is 0 Å². The first kappa shape index (κ1) is 13.1. The third kappa shape index (κ3) is 3.30. The zero-order chi connectivity index (χ0) is 12.3. The van der Waals surface area contributed by atoms with Crippen LogP contribution >= 0.6 is 38.9 Å². The molecule has 90 valence electrons. The minimum atomic E-state index is 0.384. The molecule has 0 bridgehead atoms. The van der Waals surface area contributed by atoms with Crippen molar-refractivity contribution in [1.82, 2.24) is 4.98 Å².